The molecule has 4 aromatic rings. The van der Waals surface area contributed by atoms with Crippen LogP contribution in [0.15, 0.2) is 120 Å². The molecule has 15 heteroatoms. The molecule has 0 bridgehead atoms. The molecule has 68 heavy (non-hydrogen) atoms. The zero-order valence-corrected chi connectivity index (χ0v) is 40.4. The van der Waals surface area contributed by atoms with Crippen molar-refractivity contribution >= 4 is 50.1 Å². The number of carbonyl (C=O) groups is 1. The van der Waals surface area contributed by atoms with E-state index in [2.05, 4.69) is 60.6 Å². The number of rotatable bonds is 21. The number of aromatic nitrogens is 1. The van der Waals surface area contributed by atoms with Crippen molar-refractivity contribution in [1.29, 1.82) is 0 Å². The molecule has 3 aliphatic rings. The highest BCUT2D eigenvalue weighted by Crippen LogP contribution is 2.47. The summed E-state index contributed by atoms with van der Waals surface area (Å²) in [6.45, 7) is 14.5. The average Bonchev–Trinajstić information content (AvgIpc) is 3.72. The Balaban J connectivity index is 1.13. The summed E-state index contributed by atoms with van der Waals surface area (Å²) in [7, 11) is -2.79. The van der Waals surface area contributed by atoms with Gasteiger partial charge >= 0.3 is 5.97 Å². The first kappa shape index (κ1) is 49.7. The quantitative estimate of drug-likeness (QED) is 0.0314. The number of benzene rings is 3. The van der Waals surface area contributed by atoms with Gasteiger partial charge in [-0.1, -0.05) is 60.7 Å². The lowest BCUT2D eigenvalue weighted by molar-refractivity contribution is -0.438. The zero-order chi connectivity index (χ0) is 48.6. The minimum absolute atomic E-state index is 0.0736. The molecule has 0 saturated carbocycles. The average molecular weight is 949 g/mol. The van der Waals surface area contributed by atoms with Crippen LogP contribution in [-0.4, -0.2) is 103 Å². The number of hydrogen-bond acceptors (Lipinski definition) is 11. The van der Waals surface area contributed by atoms with Gasteiger partial charge in [0.2, 0.25) is 17.4 Å². The first-order valence-electron chi connectivity index (χ1n) is 22.9. The third kappa shape index (κ3) is 11.4. The Hall–Kier alpha value is -6.23. The zero-order valence-electron chi connectivity index (χ0n) is 39.6. The van der Waals surface area contributed by atoms with Gasteiger partial charge in [0.1, 0.15) is 18.1 Å². The highest BCUT2D eigenvalue weighted by molar-refractivity contribution is 7.85. The second kappa shape index (κ2) is 21.4. The molecule has 0 fully saturated rings. The van der Waals surface area contributed by atoms with Crippen LogP contribution in [0.5, 0.6) is 17.5 Å². The molecule has 0 atom stereocenters. The fraction of sp³-hybridized carbons (Fsp3) is 0.358. The Bertz CT molecular complexity index is 2780. The van der Waals surface area contributed by atoms with Gasteiger partial charge in [-0.15, -0.1) is 4.73 Å². The summed E-state index contributed by atoms with van der Waals surface area (Å²) < 4.78 is 60.6. The smallest absolute Gasteiger partial charge is 0.333 e. The predicted molar refractivity (Wildman–Crippen MR) is 263 cm³/mol. The summed E-state index contributed by atoms with van der Waals surface area (Å²) in [6.07, 6.45) is 16.3. The lowest BCUT2D eigenvalue weighted by Gasteiger charge is -2.44. The fourth-order valence-electron chi connectivity index (χ4n) is 8.98. The van der Waals surface area contributed by atoms with Crippen LogP contribution < -0.4 is 14.5 Å². The summed E-state index contributed by atoms with van der Waals surface area (Å²) in [6, 6.07) is 21.5. The maximum absolute atomic E-state index is 12.5. The topological polar surface area (TPSA) is 169 Å². The van der Waals surface area contributed by atoms with Crippen LogP contribution >= 0.6 is 0 Å². The van der Waals surface area contributed by atoms with Gasteiger partial charge in [-0.25, -0.2) is 4.79 Å². The molecular weight excluding hydrogens is 887 g/mol. The number of ether oxygens (including phenoxy) is 4. The standard InChI is InChI=1S/C53H61N3O11S/c1-37-36-52(2,3)55(26-27-64-30-31-65-29-28-63-6)45-35-47-42(34-41(37)45)39(32-46(66-47)38-16-10-7-11-17-38)18-12-8-13-19-48-53(4,5)43-33-40(68(60,61)62)21-22-44(43)54(48)25-15-9-14-20-51(59)67-56-49(57)23-24-50(56)58/h7-8,10-13,16-19,21-24,32-36H,9,14-15,20,25-31H2,1-6H3,(H2-,57,58,60,61,62)/p+1. The van der Waals surface area contributed by atoms with Crippen molar-refractivity contribution in [3.63, 3.8) is 0 Å². The molecule has 0 amide bonds. The van der Waals surface area contributed by atoms with Gasteiger partial charge in [-0.05, 0) is 82.9 Å². The number of carbonyl (C=O) groups excluding carboxylic acids is 1. The molecule has 0 spiro atoms. The van der Waals surface area contributed by atoms with Crippen LogP contribution in [0.3, 0.4) is 0 Å². The molecule has 14 nitrogen and oxygen atoms in total. The maximum atomic E-state index is 12.5. The first-order chi connectivity index (χ1) is 32.5. The Morgan fingerprint density at radius 1 is 0.838 bits per heavy atom. The van der Waals surface area contributed by atoms with Gasteiger partial charge in [0.05, 0.1) is 48.9 Å². The molecule has 0 saturated heterocycles. The molecule has 3 aromatic carbocycles. The molecule has 3 N–H and O–H groups in total. The number of unbranched alkanes of at least 4 members (excludes halogenated alkanes) is 2. The maximum Gasteiger partial charge on any atom is 0.333 e. The van der Waals surface area contributed by atoms with E-state index in [-0.39, 0.29) is 28.6 Å². The minimum Gasteiger partial charge on any atom is -0.492 e. The second-order valence-corrected chi connectivity index (χ2v) is 19.4. The number of methoxy groups -OCH3 is 1. The molecule has 360 valence electrons. The highest BCUT2D eigenvalue weighted by atomic mass is 32.2. The number of allylic oxidation sites excluding steroid dienone is 8. The van der Waals surface area contributed by atoms with Gasteiger partial charge in [0, 0.05) is 84.8 Å². The SMILES string of the molecule is COCCOCCOCCN1c2cc3c(cc2C(C)=CC1(C)C)C(=CC=CC=CC1=[N+](CCCCCC(=O)On2c(O)ccc2O)c2ccc(S(=O)(=O)O)cc2C1(C)C)C=C(c1ccccc1)O3. The second-order valence-electron chi connectivity index (χ2n) is 18.0. The number of nitrogens with zero attached hydrogens (tertiary/aromatic N) is 3. The lowest BCUT2D eigenvalue weighted by atomic mass is 9.81. The molecule has 7 rings (SSSR count). The van der Waals surface area contributed by atoms with Crippen LogP contribution in [0.1, 0.15) is 82.6 Å². The van der Waals surface area contributed by atoms with Gasteiger partial charge in [0.15, 0.2) is 5.71 Å². The Morgan fingerprint density at radius 3 is 2.28 bits per heavy atom. The van der Waals surface area contributed by atoms with E-state index in [1.165, 1.54) is 29.8 Å². The van der Waals surface area contributed by atoms with Crippen molar-refractivity contribution in [3.8, 4) is 17.5 Å². The normalized spacial score (nSPS) is 16.8. The first-order valence-corrected chi connectivity index (χ1v) is 24.3. The van der Waals surface area contributed by atoms with Crippen molar-refractivity contribution in [2.75, 3.05) is 58.1 Å². The molecule has 0 unspecified atom stereocenters. The van der Waals surface area contributed by atoms with E-state index in [0.717, 1.165) is 56.4 Å². The summed E-state index contributed by atoms with van der Waals surface area (Å²) in [5.41, 5.74) is 7.88. The van der Waals surface area contributed by atoms with Gasteiger partial charge in [-0.3, -0.25) is 4.55 Å². The largest absolute Gasteiger partial charge is 0.492 e. The lowest BCUT2D eigenvalue weighted by Crippen LogP contribution is -2.46. The third-order valence-electron chi connectivity index (χ3n) is 12.4. The van der Waals surface area contributed by atoms with Crippen LogP contribution in [0.25, 0.3) is 16.9 Å². The summed E-state index contributed by atoms with van der Waals surface area (Å²) in [4.78, 5) is 19.7. The fourth-order valence-corrected chi connectivity index (χ4v) is 9.48. The number of anilines is 1. The molecule has 3 aliphatic heterocycles. The number of fused-ring (bicyclic) bond motifs is 3. The van der Waals surface area contributed by atoms with E-state index in [1.807, 2.05) is 68.5 Å². The van der Waals surface area contributed by atoms with Crippen molar-refractivity contribution in [2.24, 2.45) is 0 Å². The van der Waals surface area contributed by atoms with Gasteiger partial charge in [0.25, 0.3) is 10.1 Å². The minimum atomic E-state index is -4.44. The molecule has 1 aromatic heterocycles. The highest BCUT2D eigenvalue weighted by Gasteiger charge is 2.45. The Morgan fingerprint density at radius 2 is 1.56 bits per heavy atom. The van der Waals surface area contributed by atoms with Gasteiger partial charge < -0.3 is 38.9 Å². The van der Waals surface area contributed by atoms with E-state index in [4.69, 9.17) is 23.8 Å². The van der Waals surface area contributed by atoms with Crippen molar-refractivity contribution in [1.82, 2.24) is 4.73 Å². The van der Waals surface area contributed by atoms with Crippen LogP contribution in [0.2, 0.25) is 0 Å². The van der Waals surface area contributed by atoms with Crippen LogP contribution in [0, 0.1) is 0 Å². The summed E-state index contributed by atoms with van der Waals surface area (Å²) in [5.74, 6) is 0.121. The number of hydrogen-bond donors (Lipinski definition) is 3. The van der Waals surface area contributed by atoms with Crippen molar-refractivity contribution in [3.05, 3.63) is 138 Å². The summed E-state index contributed by atoms with van der Waals surface area (Å²) in [5, 5.41) is 19.6. The monoisotopic (exact) mass is 948 g/mol. The van der Waals surface area contributed by atoms with E-state index < -0.39 is 21.5 Å². The molecule has 0 radical (unpaired) electrons. The molecule has 4 heterocycles. The van der Waals surface area contributed by atoms with E-state index >= 15 is 0 Å². The Kier molecular flexibility index (Phi) is 15.6. The summed E-state index contributed by atoms with van der Waals surface area (Å²) >= 11 is 0. The van der Waals surface area contributed by atoms with Gasteiger partial charge in [-0.2, -0.15) is 13.0 Å². The molecule has 0 aliphatic carbocycles. The predicted octanol–water partition coefficient (Wildman–Crippen LogP) is 9.05. The van der Waals surface area contributed by atoms with Crippen LogP contribution in [-0.2, 0) is 34.5 Å². The third-order valence-corrected chi connectivity index (χ3v) is 13.2. The van der Waals surface area contributed by atoms with Crippen molar-refractivity contribution < 1.29 is 56.3 Å². The number of aromatic hydroxyl groups is 2. The van der Waals surface area contributed by atoms with E-state index in [9.17, 15) is 28.0 Å². The molecular formula is C53H62N3O11S+. The van der Waals surface area contributed by atoms with E-state index in [0.29, 0.717) is 70.1 Å². The van der Waals surface area contributed by atoms with Crippen molar-refractivity contribution in [2.45, 2.75) is 76.2 Å². The van der Waals surface area contributed by atoms with Crippen LogP contribution in [0.4, 0.5) is 11.4 Å². The Labute approximate surface area is 399 Å². The van der Waals surface area contributed by atoms with E-state index in [1.54, 1.807) is 13.2 Å².